The summed E-state index contributed by atoms with van der Waals surface area (Å²) in [6.45, 7) is 0.591. The minimum atomic E-state index is -3.72. The van der Waals surface area contributed by atoms with E-state index in [4.69, 9.17) is 0 Å². The lowest BCUT2D eigenvalue weighted by Crippen LogP contribution is -2.43. The number of sulfonamides is 1. The SMILES string of the molecule is O=C(Nc1ccc(-c2ccccc2)cc1)C1CCCN1C1=NS(=O)(=O)c2ccccc21. The first kappa shape index (κ1) is 19.5. The van der Waals surface area contributed by atoms with Gasteiger partial charge in [-0.2, -0.15) is 8.42 Å². The van der Waals surface area contributed by atoms with Crippen molar-refractivity contribution >= 4 is 27.5 Å². The first-order chi connectivity index (χ1) is 15.0. The van der Waals surface area contributed by atoms with Crippen LogP contribution in [0.15, 0.2) is 88.2 Å². The van der Waals surface area contributed by atoms with Gasteiger partial charge < -0.3 is 10.2 Å². The van der Waals surface area contributed by atoms with E-state index in [9.17, 15) is 13.2 Å². The molecule has 0 saturated carbocycles. The molecule has 1 saturated heterocycles. The number of fused-ring (bicyclic) bond motifs is 1. The molecule has 2 aliphatic heterocycles. The van der Waals surface area contributed by atoms with Crippen LogP contribution in [0, 0.1) is 0 Å². The van der Waals surface area contributed by atoms with Crippen molar-refractivity contribution in [2.24, 2.45) is 4.40 Å². The van der Waals surface area contributed by atoms with Gasteiger partial charge in [0.1, 0.15) is 10.9 Å². The predicted molar refractivity (Wildman–Crippen MR) is 120 cm³/mol. The number of benzene rings is 3. The number of carbonyl (C=O) groups excluding carboxylic acids is 1. The Morgan fingerprint density at radius 3 is 2.35 bits per heavy atom. The topological polar surface area (TPSA) is 78.8 Å². The number of hydrogen-bond donors (Lipinski definition) is 1. The van der Waals surface area contributed by atoms with E-state index in [0.29, 0.717) is 30.1 Å². The van der Waals surface area contributed by atoms with Gasteiger partial charge >= 0.3 is 0 Å². The van der Waals surface area contributed by atoms with Crippen molar-refractivity contribution in [2.45, 2.75) is 23.8 Å². The molecule has 0 radical (unpaired) electrons. The van der Waals surface area contributed by atoms with Crippen LogP contribution in [-0.2, 0) is 14.8 Å². The average molecular weight is 432 g/mol. The molecule has 6 nitrogen and oxygen atoms in total. The van der Waals surface area contributed by atoms with E-state index in [2.05, 4.69) is 9.71 Å². The molecular formula is C24H21N3O3S. The molecule has 1 N–H and O–H groups in total. The van der Waals surface area contributed by atoms with Gasteiger partial charge in [0, 0.05) is 17.8 Å². The summed E-state index contributed by atoms with van der Waals surface area (Å²) in [6, 6.07) is 24.1. The van der Waals surface area contributed by atoms with Crippen molar-refractivity contribution < 1.29 is 13.2 Å². The van der Waals surface area contributed by atoms with Crippen LogP contribution in [0.1, 0.15) is 18.4 Å². The minimum absolute atomic E-state index is 0.158. The molecule has 156 valence electrons. The van der Waals surface area contributed by atoms with Crippen molar-refractivity contribution in [3.8, 4) is 11.1 Å². The monoisotopic (exact) mass is 431 g/mol. The van der Waals surface area contributed by atoms with Crippen LogP contribution in [0.3, 0.4) is 0 Å². The quantitative estimate of drug-likeness (QED) is 0.682. The first-order valence-electron chi connectivity index (χ1n) is 10.2. The largest absolute Gasteiger partial charge is 0.343 e. The fourth-order valence-electron chi connectivity index (χ4n) is 4.19. The van der Waals surface area contributed by atoms with Crippen LogP contribution >= 0.6 is 0 Å². The molecule has 1 fully saturated rings. The van der Waals surface area contributed by atoms with Crippen molar-refractivity contribution in [3.63, 3.8) is 0 Å². The van der Waals surface area contributed by atoms with E-state index < -0.39 is 16.1 Å². The molecule has 0 bridgehead atoms. The number of anilines is 1. The Bertz CT molecular complexity index is 1270. The maximum absolute atomic E-state index is 13.1. The molecular weight excluding hydrogens is 410 g/mol. The molecule has 2 aliphatic rings. The van der Waals surface area contributed by atoms with Gasteiger partial charge in [-0.1, -0.05) is 54.6 Å². The van der Waals surface area contributed by atoms with Gasteiger partial charge in [0.05, 0.1) is 0 Å². The Hall–Kier alpha value is -3.45. The van der Waals surface area contributed by atoms with Crippen LogP contribution in [-0.4, -0.2) is 37.6 Å². The minimum Gasteiger partial charge on any atom is -0.343 e. The Balaban J connectivity index is 1.35. The molecule has 0 aliphatic carbocycles. The van der Waals surface area contributed by atoms with Crippen LogP contribution in [0.4, 0.5) is 5.69 Å². The number of nitrogens with one attached hydrogen (secondary N) is 1. The lowest BCUT2D eigenvalue weighted by atomic mass is 10.1. The van der Waals surface area contributed by atoms with Crippen LogP contribution in [0.25, 0.3) is 11.1 Å². The van der Waals surface area contributed by atoms with Gasteiger partial charge in [0.2, 0.25) is 5.91 Å². The Labute approximate surface area is 181 Å². The van der Waals surface area contributed by atoms with E-state index in [1.165, 1.54) is 0 Å². The molecule has 7 heteroatoms. The fraction of sp³-hybridized carbons (Fsp3) is 0.167. The van der Waals surface area contributed by atoms with Crippen molar-refractivity contribution in [1.82, 2.24) is 4.90 Å². The molecule has 31 heavy (non-hydrogen) atoms. The van der Waals surface area contributed by atoms with Gasteiger partial charge in [-0.05, 0) is 48.2 Å². The van der Waals surface area contributed by atoms with Gasteiger partial charge in [0.15, 0.2) is 5.84 Å². The molecule has 2 heterocycles. The summed E-state index contributed by atoms with van der Waals surface area (Å²) >= 11 is 0. The van der Waals surface area contributed by atoms with Gasteiger partial charge in [-0.3, -0.25) is 4.79 Å². The zero-order chi connectivity index (χ0) is 21.4. The molecule has 1 unspecified atom stereocenters. The van der Waals surface area contributed by atoms with Crippen LogP contribution in [0.2, 0.25) is 0 Å². The predicted octanol–water partition coefficient (Wildman–Crippen LogP) is 3.91. The normalized spacial score (nSPS) is 19.0. The Morgan fingerprint density at radius 1 is 0.903 bits per heavy atom. The van der Waals surface area contributed by atoms with Gasteiger partial charge in [-0.15, -0.1) is 4.40 Å². The summed E-state index contributed by atoms with van der Waals surface area (Å²) in [5.41, 5.74) is 3.46. The van der Waals surface area contributed by atoms with Crippen LogP contribution in [0.5, 0.6) is 0 Å². The maximum Gasteiger partial charge on any atom is 0.285 e. The lowest BCUT2D eigenvalue weighted by Gasteiger charge is -2.25. The summed E-state index contributed by atoms with van der Waals surface area (Å²) in [5, 5.41) is 2.98. The number of hydrogen-bond acceptors (Lipinski definition) is 4. The second-order valence-corrected chi connectivity index (χ2v) is 9.24. The highest BCUT2D eigenvalue weighted by atomic mass is 32.2. The van der Waals surface area contributed by atoms with Crippen LogP contribution < -0.4 is 5.32 Å². The second-order valence-electron chi connectivity index (χ2n) is 7.67. The van der Waals surface area contributed by atoms with E-state index in [0.717, 1.165) is 17.5 Å². The third-order valence-electron chi connectivity index (χ3n) is 5.70. The van der Waals surface area contributed by atoms with E-state index in [1.54, 1.807) is 24.3 Å². The second kappa shape index (κ2) is 7.67. The fourth-order valence-corrected chi connectivity index (χ4v) is 5.41. The first-order valence-corrected chi connectivity index (χ1v) is 11.6. The highest BCUT2D eigenvalue weighted by Crippen LogP contribution is 2.31. The summed E-state index contributed by atoms with van der Waals surface area (Å²) in [6.07, 6.45) is 1.45. The number of likely N-dealkylation sites (tertiary alicyclic amines) is 1. The van der Waals surface area contributed by atoms with E-state index in [1.807, 2.05) is 59.5 Å². The Kier molecular flexibility index (Phi) is 4.82. The number of carbonyl (C=O) groups is 1. The lowest BCUT2D eigenvalue weighted by molar-refractivity contribution is -0.119. The summed E-state index contributed by atoms with van der Waals surface area (Å²) in [5.74, 6) is 0.210. The molecule has 3 aromatic rings. The molecule has 0 spiro atoms. The number of rotatable bonds is 3. The molecule has 1 amide bonds. The summed E-state index contributed by atoms with van der Waals surface area (Å²) in [4.78, 5) is 15.1. The maximum atomic E-state index is 13.1. The Morgan fingerprint density at radius 2 is 1.58 bits per heavy atom. The molecule has 1 atom stereocenters. The summed E-state index contributed by atoms with van der Waals surface area (Å²) in [7, 11) is -3.72. The molecule has 5 rings (SSSR count). The highest BCUT2D eigenvalue weighted by molar-refractivity contribution is 7.90. The van der Waals surface area contributed by atoms with Gasteiger partial charge in [-0.25, -0.2) is 0 Å². The highest BCUT2D eigenvalue weighted by Gasteiger charge is 2.39. The number of amidine groups is 1. The van der Waals surface area contributed by atoms with Gasteiger partial charge in [0.25, 0.3) is 10.0 Å². The standard InChI is InChI=1S/C24H21N3O3S/c28-24(25-19-14-12-18(13-15-19)17-7-2-1-3-8-17)21-10-6-16-27(21)23-20-9-4-5-11-22(20)31(29,30)26-23/h1-5,7-9,11-15,21H,6,10,16H2,(H,25,28). The number of amides is 1. The summed E-state index contributed by atoms with van der Waals surface area (Å²) < 4.78 is 28.8. The van der Waals surface area contributed by atoms with Crippen molar-refractivity contribution in [2.75, 3.05) is 11.9 Å². The average Bonchev–Trinajstić information content (AvgIpc) is 3.38. The van der Waals surface area contributed by atoms with E-state index >= 15 is 0 Å². The zero-order valence-electron chi connectivity index (χ0n) is 16.7. The molecule has 0 aromatic heterocycles. The number of nitrogens with zero attached hydrogens (tertiary/aromatic N) is 2. The third kappa shape index (κ3) is 3.61. The smallest absolute Gasteiger partial charge is 0.285 e. The molecule has 3 aromatic carbocycles. The van der Waals surface area contributed by atoms with E-state index in [-0.39, 0.29) is 10.8 Å². The van der Waals surface area contributed by atoms with Crippen molar-refractivity contribution in [1.29, 1.82) is 0 Å². The third-order valence-corrected chi connectivity index (χ3v) is 7.02. The zero-order valence-corrected chi connectivity index (χ0v) is 17.5. The van der Waals surface area contributed by atoms with Crippen molar-refractivity contribution in [3.05, 3.63) is 84.4 Å².